The lowest BCUT2D eigenvalue weighted by Gasteiger charge is -2.13. The number of fused-ring (bicyclic) bond motifs is 1. The average molecular weight is 386 g/mol. The number of aromatic nitrogens is 2. The van der Waals surface area contributed by atoms with Gasteiger partial charge in [0.15, 0.2) is 5.16 Å². The highest BCUT2D eigenvalue weighted by molar-refractivity contribution is 8.00. The highest BCUT2D eigenvalue weighted by Gasteiger charge is 2.27. The lowest BCUT2D eigenvalue weighted by Crippen LogP contribution is -2.32. The number of carbonyl (C=O) groups excluding carboxylic acids is 1. The highest BCUT2D eigenvalue weighted by atomic mass is 35.5. The van der Waals surface area contributed by atoms with E-state index in [1.54, 1.807) is 0 Å². The molecule has 1 saturated carbocycles. The van der Waals surface area contributed by atoms with Crippen molar-refractivity contribution in [3.63, 3.8) is 0 Å². The third-order valence-corrected chi connectivity index (χ3v) is 5.76. The van der Waals surface area contributed by atoms with Crippen molar-refractivity contribution in [3.05, 3.63) is 59.1 Å². The number of benzene rings is 2. The zero-order valence-electron chi connectivity index (χ0n) is 14.5. The molecule has 1 aromatic heterocycles. The van der Waals surface area contributed by atoms with E-state index in [2.05, 4.69) is 22.0 Å². The molecule has 3 aromatic rings. The van der Waals surface area contributed by atoms with Crippen LogP contribution < -0.4 is 5.32 Å². The van der Waals surface area contributed by atoms with Gasteiger partial charge in [-0.3, -0.25) is 4.79 Å². The molecular weight excluding hydrogens is 366 g/mol. The van der Waals surface area contributed by atoms with Crippen molar-refractivity contribution < 1.29 is 4.79 Å². The van der Waals surface area contributed by atoms with E-state index in [1.165, 1.54) is 17.3 Å². The fourth-order valence-corrected chi connectivity index (χ4v) is 3.95. The first kappa shape index (κ1) is 17.4. The van der Waals surface area contributed by atoms with E-state index in [1.807, 2.05) is 43.3 Å². The molecule has 4 nitrogen and oxygen atoms in total. The molecule has 1 aliphatic carbocycles. The van der Waals surface area contributed by atoms with Crippen LogP contribution in [0.1, 0.15) is 25.3 Å². The maximum atomic E-state index is 12.3. The van der Waals surface area contributed by atoms with Gasteiger partial charge in [-0.05, 0) is 43.5 Å². The predicted octanol–water partition coefficient (Wildman–Crippen LogP) is 4.50. The average Bonchev–Trinajstić information content (AvgIpc) is 3.38. The van der Waals surface area contributed by atoms with Crippen LogP contribution >= 0.6 is 23.4 Å². The second-order valence-corrected chi connectivity index (χ2v) is 8.39. The molecule has 0 aliphatic heterocycles. The zero-order valence-corrected chi connectivity index (χ0v) is 16.1. The molecule has 1 N–H and O–H groups in total. The molecule has 0 saturated heterocycles. The molecule has 6 heteroatoms. The van der Waals surface area contributed by atoms with Gasteiger partial charge < -0.3 is 9.88 Å². The topological polar surface area (TPSA) is 46.9 Å². The molecule has 0 spiro atoms. The van der Waals surface area contributed by atoms with Crippen LogP contribution in [0.3, 0.4) is 0 Å². The number of hydrogen-bond donors (Lipinski definition) is 1. The van der Waals surface area contributed by atoms with Crippen LogP contribution in [0.5, 0.6) is 0 Å². The minimum absolute atomic E-state index is 0.0776. The Morgan fingerprint density at radius 3 is 2.81 bits per heavy atom. The van der Waals surface area contributed by atoms with Crippen molar-refractivity contribution >= 4 is 40.3 Å². The Labute approximate surface area is 161 Å². The van der Waals surface area contributed by atoms with E-state index in [-0.39, 0.29) is 11.2 Å². The third-order valence-electron chi connectivity index (χ3n) is 4.43. The summed E-state index contributed by atoms with van der Waals surface area (Å²) < 4.78 is 2.16. The molecule has 0 radical (unpaired) electrons. The van der Waals surface area contributed by atoms with Crippen molar-refractivity contribution in [1.29, 1.82) is 0 Å². The summed E-state index contributed by atoms with van der Waals surface area (Å²) in [6.07, 6.45) is 2.18. The van der Waals surface area contributed by atoms with Gasteiger partial charge in [0.05, 0.1) is 22.8 Å². The maximum Gasteiger partial charge on any atom is 0.233 e. The predicted molar refractivity (Wildman–Crippen MR) is 107 cm³/mol. The van der Waals surface area contributed by atoms with Gasteiger partial charge in [-0.2, -0.15) is 0 Å². The fraction of sp³-hybridized carbons (Fsp3) is 0.300. The number of thioether (sulfide) groups is 1. The number of imidazole rings is 1. The van der Waals surface area contributed by atoms with Crippen LogP contribution in [0.2, 0.25) is 5.02 Å². The number of hydrogen-bond acceptors (Lipinski definition) is 3. The first-order chi connectivity index (χ1) is 12.6. The van der Waals surface area contributed by atoms with E-state index in [9.17, 15) is 4.79 Å². The van der Waals surface area contributed by atoms with Crippen molar-refractivity contribution in [1.82, 2.24) is 14.9 Å². The molecule has 1 atom stereocenters. The van der Waals surface area contributed by atoms with E-state index in [0.29, 0.717) is 17.6 Å². The van der Waals surface area contributed by atoms with Gasteiger partial charge >= 0.3 is 0 Å². The normalized spacial score (nSPS) is 15.2. The van der Waals surface area contributed by atoms with E-state index >= 15 is 0 Å². The molecule has 1 fully saturated rings. The van der Waals surface area contributed by atoms with Gasteiger partial charge in [-0.1, -0.05) is 53.7 Å². The Hall–Kier alpha value is -1.98. The molecule has 1 heterocycles. The summed E-state index contributed by atoms with van der Waals surface area (Å²) in [5, 5.41) is 4.37. The summed E-state index contributed by atoms with van der Waals surface area (Å²) in [7, 11) is 0. The quantitative estimate of drug-likeness (QED) is 0.635. The van der Waals surface area contributed by atoms with Crippen LogP contribution in [0, 0.1) is 0 Å². The highest BCUT2D eigenvalue weighted by Crippen LogP contribution is 2.30. The Morgan fingerprint density at radius 1 is 1.31 bits per heavy atom. The van der Waals surface area contributed by atoms with Gasteiger partial charge in [0.1, 0.15) is 0 Å². The maximum absolute atomic E-state index is 12.3. The zero-order chi connectivity index (χ0) is 18.1. The summed E-state index contributed by atoms with van der Waals surface area (Å²) >= 11 is 7.64. The number of rotatable bonds is 6. The molecule has 4 rings (SSSR count). The largest absolute Gasteiger partial charge is 0.352 e. The fourth-order valence-electron chi connectivity index (χ4n) is 2.85. The number of halogens is 1. The molecule has 0 unspecified atom stereocenters. The van der Waals surface area contributed by atoms with Crippen LogP contribution in [0.4, 0.5) is 0 Å². The summed E-state index contributed by atoms with van der Waals surface area (Å²) in [6.45, 7) is 2.64. The first-order valence-electron chi connectivity index (χ1n) is 8.77. The summed E-state index contributed by atoms with van der Waals surface area (Å²) in [4.78, 5) is 17.1. The summed E-state index contributed by atoms with van der Waals surface area (Å²) in [5.41, 5.74) is 3.07. The van der Waals surface area contributed by atoms with Crippen LogP contribution in [-0.2, 0) is 11.3 Å². The van der Waals surface area contributed by atoms with Crippen LogP contribution in [0.25, 0.3) is 11.0 Å². The number of nitrogens with zero attached hydrogens (tertiary/aromatic N) is 2. The van der Waals surface area contributed by atoms with Crippen LogP contribution in [-0.4, -0.2) is 26.8 Å². The van der Waals surface area contributed by atoms with Gasteiger partial charge in [0.25, 0.3) is 0 Å². The SMILES string of the molecule is C[C@H](Sc1nc2cc(Cl)ccc2n1Cc1ccccc1)C(=O)NC1CC1. The van der Waals surface area contributed by atoms with Gasteiger partial charge in [-0.25, -0.2) is 4.98 Å². The molecule has 2 aromatic carbocycles. The van der Waals surface area contributed by atoms with Crippen molar-refractivity contribution in [2.45, 2.75) is 42.8 Å². The van der Waals surface area contributed by atoms with Gasteiger partial charge in [0.2, 0.25) is 5.91 Å². The van der Waals surface area contributed by atoms with Crippen LogP contribution in [0.15, 0.2) is 53.7 Å². The number of carbonyl (C=O) groups is 1. The molecule has 26 heavy (non-hydrogen) atoms. The van der Waals surface area contributed by atoms with E-state index < -0.39 is 0 Å². The Morgan fingerprint density at radius 2 is 2.08 bits per heavy atom. The van der Waals surface area contributed by atoms with Crippen molar-refractivity contribution in [3.8, 4) is 0 Å². The standard InChI is InChI=1S/C20H20ClN3OS/c1-13(19(25)22-16-8-9-16)26-20-23-17-11-15(21)7-10-18(17)24(20)12-14-5-3-2-4-6-14/h2-7,10-11,13,16H,8-9,12H2,1H3,(H,22,25)/t13-/m0/s1. The van der Waals surface area contributed by atoms with Gasteiger partial charge in [-0.15, -0.1) is 0 Å². The summed E-state index contributed by atoms with van der Waals surface area (Å²) in [6, 6.07) is 16.4. The minimum atomic E-state index is -0.197. The second-order valence-electron chi connectivity index (χ2n) is 6.64. The molecule has 134 valence electrons. The Kier molecular flexibility index (Phi) is 4.92. The number of amides is 1. The molecule has 1 amide bonds. The van der Waals surface area contributed by atoms with E-state index in [0.717, 1.165) is 29.0 Å². The Balaban J connectivity index is 1.65. The lowest BCUT2D eigenvalue weighted by atomic mass is 10.2. The molecule has 0 bridgehead atoms. The minimum Gasteiger partial charge on any atom is -0.352 e. The smallest absolute Gasteiger partial charge is 0.233 e. The third kappa shape index (κ3) is 3.89. The van der Waals surface area contributed by atoms with Gasteiger partial charge in [0, 0.05) is 11.1 Å². The Bertz CT molecular complexity index is 937. The second kappa shape index (κ2) is 7.33. The monoisotopic (exact) mass is 385 g/mol. The van der Waals surface area contributed by atoms with E-state index in [4.69, 9.17) is 16.6 Å². The lowest BCUT2D eigenvalue weighted by molar-refractivity contribution is -0.120. The first-order valence-corrected chi connectivity index (χ1v) is 10.0. The molecule has 1 aliphatic rings. The molecular formula is C20H20ClN3OS. The van der Waals surface area contributed by atoms with Crippen molar-refractivity contribution in [2.24, 2.45) is 0 Å². The summed E-state index contributed by atoms with van der Waals surface area (Å²) in [5.74, 6) is 0.0776. The number of nitrogens with one attached hydrogen (secondary N) is 1. The van der Waals surface area contributed by atoms with Crippen molar-refractivity contribution in [2.75, 3.05) is 0 Å².